The fraction of sp³-hybridized carbons (Fsp3) is 0.385. The van der Waals surface area contributed by atoms with E-state index in [9.17, 15) is 14.7 Å². The van der Waals surface area contributed by atoms with Crippen LogP contribution in [0, 0.1) is 0 Å². The topological polar surface area (TPSA) is 69.2 Å². The van der Waals surface area contributed by atoms with Crippen molar-refractivity contribution in [3.8, 4) is 0 Å². The Balaban J connectivity index is 2.66. The van der Waals surface area contributed by atoms with Crippen LogP contribution in [-0.4, -0.2) is 17.9 Å². The van der Waals surface area contributed by atoms with Gasteiger partial charge in [-0.1, -0.05) is 31.4 Å². The summed E-state index contributed by atoms with van der Waals surface area (Å²) in [6.07, 6.45) is 1.96. The second kappa shape index (κ2) is 7.01. The number of hydrogen-bond donors (Lipinski definition) is 1. The molecule has 1 aromatic carbocycles. The maximum absolute atomic E-state index is 11.8. The van der Waals surface area contributed by atoms with Crippen LogP contribution in [0.2, 0.25) is 5.02 Å². The molecule has 0 aliphatic carbocycles. The zero-order valence-electron chi connectivity index (χ0n) is 10.1. The lowest BCUT2D eigenvalue weighted by Gasteiger charge is -2.19. The molecule has 0 aromatic heterocycles. The summed E-state index contributed by atoms with van der Waals surface area (Å²) >= 11 is 5.71. The summed E-state index contributed by atoms with van der Waals surface area (Å²) in [6, 6.07) is 5.30. The van der Waals surface area contributed by atoms with Crippen LogP contribution in [0.4, 0.5) is 0 Å². The van der Waals surface area contributed by atoms with E-state index in [0.717, 1.165) is 12.8 Å². The predicted molar refractivity (Wildman–Crippen MR) is 67.2 cm³/mol. The van der Waals surface area contributed by atoms with E-state index < -0.39 is 17.9 Å². The van der Waals surface area contributed by atoms with Gasteiger partial charge in [0.2, 0.25) is 0 Å². The lowest BCUT2D eigenvalue weighted by molar-refractivity contribution is -0.308. The lowest BCUT2D eigenvalue weighted by Crippen LogP contribution is -2.47. The number of nitrogens with one attached hydrogen (secondary N) is 1. The van der Waals surface area contributed by atoms with E-state index in [0.29, 0.717) is 17.0 Å². The molecule has 0 fully saturated rings. The largest absolute Gasteiger partial charge is 0.548 e. The predicted octanol–water partition coefficient (Wildman–Crippen LogP) is 1.38. The second-order valence-electron chi connectivity index (χ2n) is 3.99. The molecule has 0 saturated carbocycles. The van der Waals surface area contributed by atoms with Crippen molar-refractivity contribution in [2.45, 2.75) is 32.2 Å². The molecule has 1 aromatic rings. The first-order valence-electron chi connectivity index (χ1n) is 5.82. The minimum atomic E-state index is -1.26. The maximum atomic E-state index is 11.8. The Morgan fingerprint density at radius 2 is 1.94 bits per heavy atom. The van der Waals surface area contributed by atoms with Crippen LogP contribution < -0.4 is 10.4 Å². The number of unbranched alkanes of at least 4 members (excludes halogenated alkanes) is 1. The molecule has 0 spiro atoms. The molecule has 0 unspecified atom stereocenters. The molecule has 18 heavy (non-hydrogen) atoms. The summed E-state index contributed by atoms with van der Waals surface area (Å²) in [6.45, 7) is 1.95. The highest BCUT2D eigenvalue weighted by Crippen LogP contribution is 2.10. The highest BCUT2D eigenvalue weighted by molar-refractivity contribution is 6.30. The molecule has 1 amide bonds. The molecule has 0 radical (unpaired) electrons. The first kappa shape index (κ1) is 14.5. The Morgan fingerprint density at radius 1 is 1.33 bits per heavy atom. The first-order chi connectivity index (χ1) is 8.54. The third-order valence-electron chi connectivity index (χ3n) is 2.54. The van der Waals surface area contributed by atoms with Crippen LogP contribution >= 0.6 is 11.6 Å². The third-order valence-corrected chi connectivity index (χ3v) is 2.79. The Hall–Kier alpha value is -1.55. The SMILES string of the molecule is CCCC[C@H](NC(=O)c1ccc(Cl)cc1)C(=O)[O-]. The minimum absolute atomic E-state index is 0.373. The molecular formula is C13H15ClNO3-. The van der Waals surface area contributed by atoms with Gasteiger partial charge in [0.25, 0.3) is 5.91 Å². The Bertz CT molecular complexity index is 417. The van der Waals surface area contributed by atoms with E-state index in [2.05, 4.69) is 5.32 Å². The average molecular weight is 269 g/mol. The molecule has 1 N–H and O–H groups in total. The molecule has 5 heteroatoms. The normalized spacial score (nSPS) is 11.9. The van der Waals surface area contributed by atoms with Gasteiger partial charge < -0.3 is 15.2 Å². The summed E-state index contributed by atoms with van der Waals surface area (Å²) in [4.78, 5) is 22.7. The van der Waals surface area contributed by atoms with Crippen molar-refractivity contribution in [1.29, 1.82) is 0 Å². The van der Waals surface area contributed by atoms with Crippen molar-refractivity contribution >= 4 is 23.5 Å². The number of carbonyl (C=O) groups excluding carboxylic acids is 2. The number of amides is 1. The molecule has 0 saturated heterocycles. The number of aliphatic carboxylic acids is 1. The van der Waals surface area contributed by atoms with Crippen LogP contribution in [0.3, 0.4) is 0 Å². The molecule has 0 bridgehead atoms. The van der Waals surface area contributed by atoms with Gasteiger partial charge in [-0.15, -0.1) is 0 Å². The third kappa shape index (κ3) is 4.37. The van der Waals surface area contributed by atoms with Crippen molar-refractivity contribution in [2.24, 2.45) is 0 Å². The molecule has 1 atom stereocenters. The average Bonchev–Trinajstić information content (AvgIpc) is 2.34. The van der Waals surface area contributed by atoms with Crippen molar-refractivity contribution < 1.29 is 14.7 Å². The second-order valence-corrected chi connectivity index (χ2v) is 4.43. The van der Waals surface area contributed by atoms with Gasteiger partial charge >= 0.3 is 0 Å². The smallest absolute Gasteiger partial charge is 0.251 e. The Labute approximate surface area is 111 Å². The fourth-order valence-electron chi connectivity index (χ4n) is 1.50. The molecule has 0 aliphatic rings. The summed E-state index contributed by atoms with van der Waals surface area (Å²) in [5.41, 5.74) is 0.377. The van der Waals surface area contributed by atoms with Crippen LogP contribution in [0.15, 0.2) is 24.3 Å². The monoisotopic (exact) mass is 268 g/mol. The highest BCUT2D eigenvalue weighted by atomic mass is 35.5. The number of halogens is 1. The minimum Gasteiger partial charge on any atom is -0.548 e. The number of carbonyl (C=O) groups is 2. The van der Waals surface area contributed by atoms with Crippen molar-refractivity contribution in [3.05, 3.63) is 34.9 Å². The molecule has 1 rings (SSSR count). The van der Waals surface area contributed by atoms with E-state index in [1.807, 2.05) is 6.92 Å². The maximum Gasteiger partial charge on any atom is 0.251 e. The Morgan fingerprint density at radius 3 is 2.44 bits per heavy atom. The number of benzene rings is 1. The van der Waals surface area contributed by atoms with Gasteiger partial charge in [-0.3, -0.25) is 4.79 Å². The number of carboxylic acid groups (broad SMARTS) is 1. The van der Waals surface area contributed by atoms with Crippen LogP contribution in [0.5, 0.6) is 0 Å². The van der Waals surface area contributed by atoms with Crippen molar-refractivity contribution in [3.63, 3.8) is 0 Å². The van der Waals surface area contributed by atoms with Gasteiger partial charge in [0, 0.05) is 10.6 Å². The summed E-state index contributed by atoms with van der Waals surface area (Å²) in [5.74, 6) is -1.69. The first-order valence-corrected chi connectivity index (χ1v) is 6.19. The van der Waals surface area contributed by atoms with Crippen LogP contribution in [0.25, 0.3) is 0 Å². The summed E-state index contributed by atoms with van der Waals surface area (Å²) in [7, 11) is 0. The molecule has 0 aliphatic heterocycles. The number of carboxylic acids is 1. The van der Waals surface area contributed by atoms with Gasteiger partial charge in [0.15, 0.2) is 0 Å². The molecule has 0 heterocycles. The molecule has 4 nitrogen and oxygen atoms in total. The van der Waals surface area contributed by atoms with E-state index in [1.54, 1.807) is 24.3 Å². The van der Waals surface area contributed by atoms with Crippen LogP contribution in [-0.2, 0) is 4.79 Å². The Kier molecular flexibility index (Phi) is 5.65. The van der Waals surface area contributed by atoms with Gasteiger partial charge in [-0.25, -0.2) is 0 Å². The fourth-order valence-corrected chi connectivity index (χ4v) is 1.63. The quantitative estimate of drug-likeness (QED) is 0.847. The van der Waals surface area contributed by atoms with E-state index in [4.69, 9.17) is 11.6 Å². The zero-order chi connectivity index (χ0) is 13.5. The molecule has 98 valence electrons. The van der Waals surface area contributed by atoms with Crippen LogP contribution in [0.1, 0.15) is 36.5 Å². The van der Waals surface area contributed by atoms with Gasteiger partial charge in [0.1, 0.15) is 0 Å². The number of rotatable bonds is 6. The summed E-state index contributed by atoms with van der Waals surface area (Å²) < 4.78 is 0. The molecular weight excluding hydrogens is 254 g/mol. The van der Waals surface area contributed by atoms with E-state index in [-0.39, 0.29) is 0 Å². The number of hydrogen-bond acceptors (Lipinski definition) is 3. The van der Waals surface area contributed by atoms with E-state index >= 15 is 0 Å². The van der Waals surface area contributed by atoms with Gasteiger partial charge in [-0.2, -0.15) is 0 Å². The lowest BCUT2D eigenvalue weighted by atomic mass is 10.1. The zero-order valence-corrected chi connectivity index (χ0v) is 10.9. The van der Waals surface area contributed by atoms with Crippen molar-refractivity contribution in [2.75, 3.05) is 0 Å². The standard InChI is InChI=1S/C13H16ClNO3/c1-2-3-4-11(13(17)18)15-12(16)9-5-7-10(14)8-6-9/h5-8,11H,2-4H2,1H3,(H,15,16)(H,17,18)/p-1/t11-/m0/s1. The van der Waals surface area contributed by atoms with E-state index in [1.165, 1.54) is 0 Å². The van der Waals surface area contributed by atoms with Gasteiger partial charge in [-0.05, 0) is 30.7 Å². The summed E-state index contributed by atoms with van der Waals surface area (Å²) in [5, 5.41) is 13.8. The highest BCUT2D eigenvalue weighted by Gasteiger charge is 2.14. The van der Waals surface area contributed by atoms with Crippen molar-refractivity contribution in [1.82, 2.24) is 5.32 Å². The van der Waals surface area contributed by atoms with Gasteiger partial charge in [0.05, 0.1) is 12.0 Å².